The lowest BCUT2D eigenvalue weighted by Gasteiger charge is -2.25. The summed E-state index contributed by atoms with van der Waals surface area (Å²) in [6.45, 7) is 2.23. The average Bonchev–Trinajstić information content (AvgIpc) is 2.82. The van der Waals surface area contributed by atoms with Crippen LogP contribution in [0.5, 0.6) is 0 Å². The highest BCUT2D eigenvalue weighted by Crippen LogP contribution is 2.42. The minimum atomic E-state index is -0.643. The number of hydrogen-bond donors (Lipinski definition) is 1. The van der Waals surface area contributed by atoms with Gasteiger partial charge in [0, 0.05) is 17.5 Å². The monoisotopic (exact) mass is 292 g/mol. The van der Waals surface area contributed by atoms with Crippen molar-refractivity contribution in [3.05, 3.63) is 35.5 Å². The number of anilines is 1. The average molecular weight is 292 g/mol. The van der Waals surface area contributed by atoms with Gasteiger partial charge >= 0.3 is 0 Å². The summed E-state index contributed by atoms with van der Waals surface area (Å²) in [5.41, 5.74) is 7.26. The Hall–Kier alpha value is -1.91. The fourth-order valence-electron chi connectivity index (χ4n) is 3.09. The lowest BCUT2D eigenvalue weighted by Crippen LogP contribution is -2.12. The van der Waals surface area contributed by atoms with E-state index in [0.717, 1.165) is 31.7 Å². The molecule has 1 aromatic heterocycles. The molecule has 0 amide bonds. The molecule has 0 unspecified atom stereocenters. The van der Waals surface area contributed by atoms with Crippen LogP contribution in [0.1, 0.15) is 44.2 Å². The smallest absolute Gasteiger partial charge is 0.230 e. The SMILES string of the molecule is CC1CCC(c2noc(N)c2-c2ccc(F)cc2F)CC1. The molecule has 1 fully saturated rings. The third-order valence-electron chi connectivity index (χ3n) is 4.35. The Bertz CT molecular complexity index is 646. The largest absolute Gasteiger partial charge is 0.367 e. The van der Waals surface area contributed by atoms with Crippen molar-refractivity contribution in [2.75, 3.05) is 5.73 Å². The third-order valence-corrected chi connectivity index (χ3v) is 4.35. The molecule has 0 radical (unpaired) electrons. The number of nitrogens with two attached hydrogens (primary N) is 1. The normalized spacial score (nSPS) is 22.4. The van der Waals surface area contributed by atoms with Crippen molar-refractivity contribution in [3.8, 4) is 11.1 Å². The van der Waals surface area contributed by atoms with Gasteiger partial charge in [-0.15, -0.1) is 0 Å². The second-order valence-electron chi connectivity index (χ2n) is 5.89. The Morgan fingerprint density at radius 2 is 1.90 bits per heavy atom. The van der Waals surface area contributed by atoms with Crippen molar-refractivity contribution in [2.45, 2.75) is 38.5 Å². The van der Waals surface area contributed by atoms with E-state index in [0.29, 0.717) is 17.2 Å². The van der Waals surface area contributed by atoms with E-state index >= 15 is 0 Å². The van der Waals surface area contributed by atoms with E-state index in [2.05, 4.69) is 12.1 Å². The number of aromatic nitrogens is 1. The van der Waals surface area contributed by atoms with Crippen molar-refractivity contribution in [3.63, 3.8) is 0 Å². The first-order valence-electron chi connectivity index (χ1n) is 7.26. The summed E-state index contributed by atoms with van der Waals surface area (Å²) in [5.74, 6) is -0.234. The summed E-state index contributed by atoms with van der Waals surface area (Å²) in [4.78, 5) is 0. The molecule has 1 heterocycles. The number of nitrogens with zero attached hydrogens (tertiary/aromatic N) is 1. The molecule has 3 rings (SSSR count). The van der Waals surface area contributed by atoms with E-state index in [1.165, 1.54) is 12.1 Å². The summed E-state index contributed by atoms with van der Waals surface area (Å²) in [6, 6.07) is 3.47. The van der Waals surface area contributed by atoms with Crippen LogP contribution in [0.25, 0.3) is 11.1 Å². The molecule has 1 aromatic carbocycles. The van der Waals surface area contributed by atoms with Crippen molar-refractivity contribution < 1.29 is 13.3 Å². The first kappa shape index (κ1) is 14.0. The van der Waals surface area contributed by atoms with Crippen molar-refractivity contribution >= 4 is 5.88 Å². The van der Waals surface area contributed by atoms with Gasteiger partial charge in [0.1, 0.15) is 11.6 Å². The van der Waals surface area contributed by atoms with Crippen LogP contribution >= 0.6 is 0 Å². The minimum Gasteiger partial charge on any atom is -0.367 e. The van der Waals surface area contributed by atoms with Crippen LogP contribution in [-0.2, 0) is 0 Å². The summed E-state index contributed by atoms with van der Waals surface area (Å²) in [6.07, 6.45) is 4.21. The van der Waals surface area contributed by atoms with Crippen LogP contribution in [0.2, 0.25) is 0 Å². The lowest BCUT2D eigenvalue weighted by atomic mass is 9.80. The predicted octanol–water partition coefficient (Wildman–Crippen LogP) is 4.50. The maximum absolute atomic E-state index is 14.0. The van der Waals surface area contributed by atoms with Crippen LogP contribution in [0, 0.1) is 17.6 Å². The van der Waals surface area contributed by atoms with Crippen molar-refractivity contribution in [1.29, 1.82) is 0 Å². The molecule has 1 aliphatic carbocycles. The van der Waals surface area contributed by atoms with Crippen LogP contribution < -0.4 is 5.73 Å². The van der Waals surface area contributed by atoms with Gasteiger partial charge in [0.25, 0.3) is 0 Å². The zero-order chi connectivity index (χ0) is 15.0. The molecule has 0 saturated heterocycles. The highest BCUT2D eigenvalue weighted by molar-refractivity contribution is 5.76. The van der Waals surface area contributed by atoms with E-state index in [4.69, 9.17) is 10.3 Å². The molecule has 1 aliphatic rings. The van der Waals surface area contributed by atoms with Gasteiger partial charge in [-0.25, -0.2) is 8.78 Å². The van der Waals surface area contributed by atoms with Gasteiger partial charge in [-0.3, -0.25) is 0 Å². The molecule has 1 saturated carbocycles. The van der Waals surface area contributed by atoms with Crippen molar-refractivity contribution in [2.24, 2.45) is 5.92 Å². The van der Waals surface area contributed by atoms with E-state index < -0.39 is 11.6 Å². The fraction of sp³-hybridized carbons (Fsp3) is 0.438. The highest BCUT2D eigenvalue weighted by Gasteiger charge is 2.28. The Morgan fingerprint density at radius 1 is 1.19 bits per heavy atom. The molecule has 112 valence electrons. The Balaban J connectivity index is 2.01. The standard InChI is InChI=1S/C16H18F2N2O/c1-9-2-4-10(5-3-9)15-14(16(19)21-20-15)12-7-6-11(17)8-13(12)18/h6-10H,2-5,19H2,1H3. The molecule has 0 spiro atoms. The van der Waals surface area contributed by atoms with Gasteiger partial charge in [0.05, 0.1) is 11.3 Å². The number of halogens is 2. The second-order valence-corrected chi connectivity index (χ2v) is 5.89. The molecule has 0 atom stereocenters. The summed E-state index contributed by atoms with van der Waals surface area (Å²) in [7, 11) is 0. The molecule has 0 aliphatic heterocycles. The van der Waals surface area contributed by atoms with Crippen molar-refractivity contribution in [1.82, 2.24) is 5.16 Å². The number of benzene rings is 1. The van der Waals surface area contributed by atoms with E-state index in [1.807, 2.05) is 0 Å². The molecule has 3 nitrogen and oxygen atoms in total. The summed E-state index contributed by atoms with van der Waals surface area (Å²) >= 11 is 0. The Labute approximate surface area is 122 Å². The number of nitrogen functional groups attached to an aromatic ring is 1. The quantitative estimate of drug-likeness (QED) is 0.887. The van der Waals surface area contributed by atoms with Crippen LogP contribution in [0.4, 0.5) is 14.7 Å². The van der Waals surface area contributed by atoms with Crippen LogP contribution in [0.3, 0.4) is 0 Å². The van der Waals surface area contributed by atoms with Crippen LogP contribution in [0.15, 0.2) is 22.7 Å². The predicted molar refractivity (Wildman–Crippen MR) is 76.6 cm³/mol. The van der Waals surface area contributed by atoms with E-state index in [9.17, 15) is 8.78 Å². The molecular weight excluding hydrogens is 274 g/mol. The number of rotatable bonds is 2. The Kier molecular flexibility index (Phi) is 3.66. The molecule has 2 N–H and O–H groups in total. The van der Waals surface area contributed by atoms with Gasteiger partial charge in [-0.05, 0) is 30.9 Å². The first-order valence-corrected chi connectivity index (χ1v) is 7.26. The zero-order valence-corrected chi connectivity index (χ0v) is 11.9. The maximum atomic E-state index is 14.0. The third kappa shape index (κ3) is 2.64. The highest BCUT2D eigenvalue weighted by atomic mass is 19.1. The summed E-state index contributed by atoms with van der Waals surface area (Å²) in [5, 5.41) is 4.04. The Morgan fingerprint density at radius 3 is 2.57 bits per heavy atom. The molecule has 2 aromatic rings. The molecule has 21 heavy (non-hydrogen) atoms. The number of hydrogen-bond acceptors (Lipinski definition) is 3. The van der Waals surface area contributed by atoms with E-state index in [1.54, 1.807) is 0 Å². The molecule has 0 bridgehead atoms. The van der Waals surface area contributed by atoms with Gasteiger partial charge in [0.2, 0.25) is 5.88 Å². The lowest BCUT2D eigenvalue weighted by molar-refractivity contribution is 0.331. The topological polar surface area (TPSA) is 52.0 Å². The van der Waals surface area contributed by atoms with Crippen LogP contribution in [-0.4, -0.2) is 5.16 Å². The summed E-state index contributed by atoms with van der Waals surface area (Å²) < 4.78 is 32.2. The molecule has 5 heteroatoms. The molecular formula is C16H18F2N2O. The van der Waals surface area contributed by atoms with Gasteiger partial charge < -0.3 is 10.3 Å². The van der Waals surface area contributed by atoms with Gasteiger partial charge in [-0.1, -0.05) is 24.9 Å². The van der Waals surface area contributed by atoms with E-state index in [-0.39, 0.29) is 17.4 Å². The van der Waals surface area contributed by atoms with Gasteiger partial charge in [0.15, 0.2) is 0 Å². The maximum Gasteiger partial charge on any atom is 0.230 e. The fourth-order valence-corrected chi connectivity index (χ4v) is 3.09. The van der Waals surface area contributed by atoms with Gasteiger partial charge in [-0.2, -0.15) is 0 Å². The first-order chi connectivity index (χ1) is 10.1. The second kappa shape index (κ2) is 5.47. The zero-order valence-electron chi connectivity index (χ0n) is 11.9. The minimum absolute atomic E-state index is 0.0918.